The van der Waals surface area contributed by atoms with Gasteiger partial charge in [0.05, 0.1) is 11.5 Å². The Hall–Kier alpha value is -2.10. The van der Waals surface area contributed by atoms with E-state index in [-0.39, 0.29) is 16.9 Å². The molecule has 1 aliphatic carbocycles. The molecule has 1 heterocycles. The van der Waals surface area contributed by atoms with Crippen LogP contribution in [0, 0.1) is 0 Å². The first-order valence-corrected chi connectivity index (χ1v) is 7.07. The van der Waals surface area contributed by atoms with Gasteiger partial charge in [0, 0.05) is 0 Å². The Bertz CT molecular complexity index is 643. The van der Waals surface area contributed by atoms with Gasteiger partial charge in [0.15, 0.2) is 0 Å². The van der Waals surface area contributed by atoms with Gasteiger partial charge in [-0.2, -0.15) is 4.98 Å². The van der Waals surface area contributed by atoms with Gasteiger partial charge in [-0.25, -0.2) is 0 Å². The number of benzene rings is 1. The maximum absolute atomic E-state index is 11.7. The predicted octanol–water partition coefficient (Wildman–Crippen LogP) is 2.73. The topological polar surface area (TPSA) is 66.0 Å². The number of nitrogens with zero attached hydrogens (tertiary/aromatic N) is 1. The molecule has 0 bridgehead atoms. The molecule has 4 heteroatoms. The predicted molar refractivity (Wildman–Crippen MR) is 76.8 cm³/mol. The summed E-state index contributed by atoms with van der Waals surface area (Å²) >= 11 is 0. The lowest BCUT2D eigenvalue weighted by Crippen LogP contribution is -2.34. The maximum atomic E-state index is 11.7. The Labute approximate surface area is 117 Å². The van der Waals surface area contributed by atoms with Gasteiger partial charge in [-0.1, -0.05) is 49.6 Å². The lowest BCUT2D eigenvalue weighted by atomic mass is 9.69. The van der Waals surface area contributed by atoms with E-state index in [0.717, 1.165) is 37.3 Å². The number of aromatic hydroxyl groups is 1. The molecule has 0 radical (unpaired) electrons. The Morgan fingerprint density at radius 3 is 2.45 bits per heavy atom. The molecule has 1 aliphatic rings. The summed E-state index contributed by atoms with van der Waals surface area (Å²) in [4.78, 5) is 18.7. The van der Waals surface area contributed by atoms with E-state index >= 15 is 0 Å². The second-order valence-corrected chi connectivity index (χ2v) is 5.46. The van der Waals surface area contributed by atoms with Crippen molar-refractivity contribution < 1.29 is 5.11 Å². The number of nitrogens with one attached hydrogen (secondary N) is 1. The van der Waals surface area contributed by atoms with Crippen molar-refractivity contribution in [1.29, 1.82) is 0 Å². The molecule has 1 fully saturated rings. The summed E-state index contributed by atoms with van der Waals surface area (Å²) in [6.45, 7) is 0. The summed E-state index contributed by atoms with van der Waals surface area (Å²) in [6, 6.07) is 11.3. The molecule has 0 saturated heterocycles. The normalized spacial score (nSPS) is 17.8. The fraction of sp³-hybridized carbons (Fsp3) is 0.375. The van der Waals surface area contributed by atoms with Crippen molar-refractivity contribution in [3.8, 4) is 5.88 Å². The highest BCUT2D eigenvalue weighted by molar-refractivity contribution is 5.34. The summed E-state index contributed by atoms with van der Waals surface area (Å²) in [7, 11) is 0. The number of H-pyrrole nitrogens is 1. The number of rotatable bonds is 2. The van der Waals surface area contributed by atoms with Crippen LogP contribution in [-0.4, -0.2) is 15.1 Å². The van der Waals surface area contributed by atoms with Crippen LogP contribution in [0.15, 0.2) is 41.2 Å². The molecular formula is C16H18N2O2. The fourth-order valence-corrected chi connectivity index (χ4v) is 3.25. The van der Waals surface area contributed by atoms with Crippen LogP contribution in [0.5, 0.6) is 5.88 Å². The molecule has 1 aromatic carbocycles. The van der Waals surface area contributed by atoms with E-state index in [9.17, 15) is 9.90 Å². The SMILES string of the molecule is O=c1cc(O)nc(C2(c3ccccc3)CCCCC2)[nH]1. The quantitative estimate of drug-likeness (QED) is 0.881. The lowest BCUT2D eigenvalue weighted by Gasteiger charge is -2.36. The second-order valence-electron chi connectivity index (χ2n) is 5.46. The summed E-state index contributed by atoms with van der Waals surface area (Å²) in [5, 5.41) is 9.65. The molecule has 0 unspecified atom stereocenters. The molecule has 0 aliphatic heterocycles. The van der Waals surface area contributed by atoms with Gasteiger partial charge in [-0.3, -0.25) is 4.79 Å². The van der Waals surface area contributed by atoms with E-state index < -0.39 is 0 Å². The molecule has 0 amide bonds. The molecule has 1 aromatic heterocycles. The summed E-state index contributed by atoms with van der Waals surface area (Å²) < 4.78 is 0. The van der Waals surface area contributed by atoms with Crippen molar-refractivity contribution >= 4 is 0 Å². The molecule has 0 atom stereocenters. The lowest BCUT2D eigenvalue weighted by molar-refractivity contribution is 0.324. The van der Waals surface area contributed by atoms with E-state index in [1.807, 2.05) is 18.2 Å². The third-order valence-electron chi connectivity index (χ3n) is 4.21. The average Bonchev–Trinajstić information content (AvgIpc) is 2.48. The highest BCUT2D eigenvalue weighted by atomic mass is 16.3. The molecule has 4 nitrogen and oxygen atoms in total. The van der Waals surface area contributed by atoms with E-state index in [4.69, 9.17) is 0 Å². The van der Waals surface area contributed by atoms with Crippen LogP contribution < -0.4 is 5.56 Å². The van der Waals surface area contributed by atoms with Crippen LogP contribution >= 0.6 is 0 Å². The summed E-state index contributed by atoms with van der Waals surface area (Å²) in [6.07, 6.45) is 5.31. The third-order valence-corrected chi connectivity index (χ3v) is 4.21. The number of hydrogen-bond acceptors (Lipinski definition) is 3. The van der Waals surface area contributed by atoms with Gasteiger partial charge in [-0.15, -0.1) is 0 Å². The van der Waals surface area contributed by atoms with Crippen LogP contribution in [0.25, 0.3) is 0 Å². The van der Waals surface area contributed by atoms with E-state index in [1.165, 1.54) is 6.42 Å². The van der Waals surface area contributed by atoms with Gasteiger partial charge < -0.3 is 10.1 Å². The van der Waals surface area contributed by atoms with Crippen molar-refractivity contribution in [2.75, 3.05) is 0 Å². The molecule has 3 rings (SSSR count). The fourth-order valence-electron chi connectivity index (χ4n) is 3.25. The van der Waals surface area contributed by atoms with Gasteiger partial charge in [-0.05, 0) is 18.4 Å². The van der Waals surface area contributed by atoms with Gasteiger partial charge >= 0.3 is 0 Å². The molecular weight excluding hydrogens is 252 g/mol. The van der Waals surface area contributed by atoms with Crippen LogP contribution in [0.1, 0.15) is 43.5 Å². The zero-order valence-electron chi connectivity index (χ0n) is 11.3. The summed E-state index contributed by atoms with van der Waals surface area (Å²) in [5.41, 5.74) is 0.582. The zero-order valence-corrected chi connectivity index (χ0v) is 11.3. The van der Waals surface area contributed by atoms with E-state index in [2.05, 4.69) is 22.1 Å². The molecule has 0 spiro atoms. The van der Waals surface area contributed by atoms with Crippen LogP contribution in [0.3, 0.4) is 0 Å². The Morgan fingerprint density at radius 2 is 1.80 bits per heavy atom. The van der Waals surface area contributed by atoms with Crippen LogP contribution in [0.4, 0.5) is 0 Å². The van der Waals surface area contributed by atoms with E-state index in [1.54, 1.807) is 0 Å². The molecule has 20 heavy (non-hydrogen) atoms. The summed E-state index contributed by atoms with van der Waals surface area (Å²) in [5.74, 6) is 0.387. The smallest absolute Gasteiger partial charge is 0.254 e. The molecule has 2 aromatic rings. The third kappa shape index (κ3) is 2.22. The first-order chi connectivity index (χ1) is 9.71. The standard InChI is InChI=1S/C16H18N2O2/c19-13-11-14(20)18-15(17-13)16(9-5-2-6-10-16)12-7-3-1-4-8-12/h1,3-4,7-8,11H,2,5-6,9-10H2,(H2,17,18,19,20). The number of aromatic nitrogens is 2. The van der Waals surface area contributed by atoms with Gasteiger partial charge in [0.2, 0.25) is 5.88 Å². The van der Waals surface area contributed by atoms with Crippen LogP contribution in [-0.2, 0) is 5.41 Å². The molecule has 1 saturated carbocycles. The van der Waals surface area contributed by atoms with Crippen molar-refractivity contribution in [3.05, 3.63) is 58.1 Å². The van der Waals surface area contributed by atoms with Crippen LogP contribution in [0.2, 0.25) is 0 Å². The Kier molecular flexibility index (Phi) is 3.30. The highest BCUT2D eigenvalue weighted by Gasteiger charge is 2.38. The maximum Gasteiger partial charge on any atom is 0.254 e. The van der Waals surface area contributed by atoms with Crippen molar-refractivity contribution in [1.82, 2.24) is 9.97 Å². The highest BCUT2D eigenvalue weighted by Crippen LogP contribution is 2.43. The largest absolute Gasteiger partial charge is 0.493 e. The van der Waals surface area contributed by atoms with E-state index in [0.29, 0.717) is 5.82 Å². The second kappa shape index (κ2) is 5.12. The average molecular weight is 270 g/mol. The van der Waals surface area contributed by atoms with Crippen molar-refractivity contribution in [2.24, 2.45) is 0 Å². The van der Waals surface area contributed by atoms with Crippen molar-refractivity contribution in [2.45, 2.75) is 37.5 Å². The minimum absolute atomic E-state index is 0.204. The van der Waals surface area contributed by atoms with Gasteiger partial charge in [0.1, 0.15) is 5.82 Å². The van der Waals surface area contributed by atoms with Gasteiger partial charge in [0.25, 0.3) is 5.56 Å². The Morgan fingerprint density at radius 1 is 1.10 bits per heavy atom. The first-order valence-electron chi connectivity index (χ1n) is 7.07. The molecule has 2 N–H and O–H groups in total. The Balaban J connectivity index is 2.17. The van der Waals surface area contributed by atoms with Crippen molar-refractivity contribution in [3.63, 3.8) is 0 Å². The minimum Gasteiger partial charge on any atom is -0.493 e. The first kappa shape index (κ1) is 12.9. The zero-order chi connectivity index (χ0) is 14.0. The minimum atomic E-state index is -0.298. The monoisotopic (exact) mass is 270 g/mol. The molecule has 104 valence electrons. The number of hydrogen-bond donors (Lipinski definition) is 2. The number of aromatic amines is 1.